The first-order valence-corrected chi connectivity index (χ1v) is 8.66. The SMILES string of the molecule is Cn1c(=O)[nH]c2ncnc(N3CCC(CCNS(=O)O)CC3)c21. The molecule has 0 aliphatic carbocycles. The van der Waals surface area contributed by atoms with Gasteiger partial charge in [0, 0.05) is 26.7 Å². The Labute approximate surface area is 135 Å². The maximum Gasteiger partial charge on any atom is 0.327 e. The van der Waals surface area contributed by atoms with Crippen LogP contribution in [0.3, 0.4) is 0 Å². The minimum absolute atomic E-state index is 0.195. The summed E-state index contributed by atoms with van der Waals surface area (Å²) in [5, 5.41) is 0. The molecule has 0 bridgehead atoms. The van der Waals surface area contributed by atoms with Crippen molar-refractivity contribution >= 4 is 28.2 Å². The molecule has 2 aromatic rings. The van der Waals surface area contributed by atoms with Gasteiger partial charge in [-0.1, -0.05) is 0 Å². The lowest BCUT2D eigenvalue weighted by Gasteiger charge is -2.33. The molecule has 3 heterocycles. The van der Waals surface area contributed by atoms with Crippen LogP contribution < -0.4 is 15.3 Å². The van der Waals surface area contributed by atoms with Crippen LogP contribution in [0.1, 0.15) is 19.3 Å². The molecular formula is C13H20N6O3S. The highest BCUT2D eigenvalue weighted by atomic mass is 32.2. The second-order valence-corrected chi connectivity index (χ2v) is 6.53. The Balaban J connectivity index is 1.68. The van der Waals surface area contributed by atoms with Gasteiger partial charge < -0.3 is 4.90 Å². The van der Waals surface area contributed by atoms with Crippen molar-refractivity contribution in [3.8, 4) is 0 Å². The molecule has 1 atom stereocenters. The van der Waals surface area contributed by atoms with E-state index in [1.54, 1.807) is 7.05 Å². The predicted octanol–water partition coefficient (Wildman–Crippen LogP) is -0.0106. The molecule has 0 radical (unpaired) electrons. The Bertz CT molecular complexity index is 765. The summed E-state index contributed by atoms with van der Waals surface area (Å²) in [5.41, 5.74) is 1.09. The largest absolute Gasteiger partial charge is 0.355 e. The number of hydrogen-bond acceptors (Lipinski definition) is 5. The van der Waals surface area contributed by atoms with Crippen LogP contribution in [0.2, 0.25) is 0 Å². The topological polar surface area (TPSA) is 116 Å². The van der Waals surface area contributed by atoms with E-state index in [1.165, 1.54) is 10.9 Å². The first-order chi connectivity index (χ1) is 11.1. The molecule has 126 valence electrons. The van der Waals surface area contributed by atoms with Crippen LogP contribution in [0.15, 0.2) is 11.1 Å². The van der Waals surface area contributed by atoms with Crippen molar-refractivity contribution in [3.05, 3.63) is 16.8 Å². The zero-order valence-corrected chi connectivity index (χ0v) is 13.7. The maximum atomic E-state index is 11.8. The number of aromatic amines is 1. The van der Waals surface area contributed by atoms with Crippen LogP contribution in [0.4, 0.5) is 5.82 Å². The Morgan fingerprint density at radius 2 is 2.17 bits per heavy atom. The monoisotopic (exact) mass is 340 g/mol. The quantitative estimate of drug-likeness (QED) is 0.659. The number of imidazole rings is 1. The fourth-order valence-electron chi connectivity index (χ4n) is 3.07. The van der Waals surface area contributed by atoms with Gasteiger partial charge in [-0.05, 0) is 25.2 Å². The summed E-state index contributed by atoms with van der Waals surface area (Å²) >= 11 is -1.94. The maximum absolute atomic E-state index is 11.8. The van der Waals surface area contributed by atoms with Gasteiger partial charge in [-0.15, -0.1) is 0 Å². The second kappa shape index (κ2) is 6.77. The van der Waals surface area contributed by atoms with Crippen molar-refractivity contribution in [2.45, 2.75) is 19.3 Å². The molecule has 0 amide bonds. The molecule has 2 aromatic heterocycles. The third-order valence-corrected chi connectivity index (χ3v) is 4.81. The highest BCUT2D eigenvalue weighted by Gasteiger charge is 2.23. The number of piperidine rings is 1. The zero-order chi connectivity index (χ0) is 16.4. The van der Waals surface area contributed by atoms with Gasteiger partial charge in [0.15, 0.2) is 11.5 Å². The third kappa shape index (κ3) is 3.43. The average molecular weight is 340 g/mol. The van der Waals surface area contributed by atoms with E-state index in [2.05, 4.69) is 24.6 Å². The van der Waals surface area contributed by atoms with E-state index in [-0.39, 0.29) is 5.69 Å². The Morgan fingerprint density at radius 1 is 1.43 bits per heavy atom. The number of aryl methyl sites for hydroxylation is 1. The van der Waals surface area contributed by atoms with Crippen LogP contribution in [0.5, 0.6) is 0 Å². The van der Waals surface area contributed by atoms with E-state index in [0.29, 0.717) is 18.1 Å². The van der Waals surface area contributed by atoms with Gasteiger partial charge in [0.05, 0.1) is 0 Å². The number of nitrogens with zero attached hydrogens (tertiary/aromatic N) is 4. The van der Waals surface area contributed by atoms with Gasteiger partial charge in [0.25, 0.3) is 0 Å². The number of aromatic nitrogens is 4. The molecule has 23 heavy (non-hydrogen) atoms. The van der Waals surface area contributed by atoms with Crippen LogP contribution in [-0.2, 0) is 18.3 Å². The molecule has 0 spiro atoms. The van der Waals surface area contributed by atoms with Gasteiger partial charge in [0.2, 0.25) is 11.3 Å². The molecular weight excluding hydrogens is 320 g/mol. The van der Waals surface area contributed by atoms with Crippen LogP contribution >= 0.6 is 0 Å². The lowest BCUT2D eigenvalue weighted by Crippen LogP contribution is -2.35. The summed E-state index contributed by atoms with van der Waals surface area (Å²) in [5.74, 6) is 1.30. The van der Waals surface area contributed by atoms with Crippen molar-refractivity contribution in [1.82, 2.24) is 24.2 Å². The van der Waals surface area contributed by atoms with Crippen molar-refractivity contribution in [3.63, 3.8) is 0 Å². The zero-order valence-electron chi connectivity index (χ0n) is 12.9. The molecule has 3 rings (SSSR count). The molecule has 0 aromatic carbocycles. The van der Waals surface area contributed by atoms with Gasteiger partial charge in [-0.25, -0.2) is 23.7 Å². The van der Waals surface area contributed by atoms with E-state index in [0.717, 1.165) is 43.7 Å². The number of H-pyrrole nitrogens is 1. The molecule has 0 saturated carbocycles. The molecule has 9 nitrogen and oxygen atoms in total. The van der Waals surface area contributed by atoms with E-state index >= 15 is 0 Å². The molecule has 1 saturated heterocycles. The lowest BCUT2D eigenvalue weighted by atomic mass is 9.93. The van der Waals surface area contributed by atoms with Crippen LogP contribution in [0, 0.1) is 5.92 Å². The first kappa shape index (κ1) is 16.1. The summed E-state index contributed by atoms with van der Waals surface area (Å²) < 4.78 is 23.4. The fourth-order valence-corrected chi connectivity index (χ4v) is 3.36. The Kier molecular flexibility index (Phi) is 4.74. The summed E-state index contributed by atoms with van der Waals surface area (Å²) in [6, 6.07) is 0. The van der Waals surface area contributed by atoms with E-state index in [4.69, 9.17) is 4.55 Å². The highest BCUT2D eigenvalue weighted by molar-refractivity contribution is 7.77. The number of fused-ring (bicyclic) bond motifs is 1. The van der Waals surface area contributed by atoms with E-state index < -0.39 is 11.3 Å². The second-order valence-electron chi connectivity index (χ2n) is 5.75. The van der Waals surface area contributed by atoms with Crippen molar-refractivity contribution < 1.29 is 8.76 Å². The fraction of sp³-hybridized carbons (Fsp3) is 0.615. The standard InChI is InChI=1S/C13H20N6O3S/c1-18-10-11(17-13(18)20)14-8-15-12(10)19-6-3-9(4-7-19)2-5-16-23(21)22/h8-9,16H,2-7H2,1H3,(H,21,22)(H,14,15,17,20). The smallest absolute Gasteiger partial charge is 0.327 e. The number of rotatable bonds is 5. The number of hydrogen-bond donors (Lipinski definition) is 3. The van der Waals surface area contributed by atoms with Crippen molar-refractivity contribution in [2.75, 3.05) is 24.5 Å². The van der Waals surface area contributed by atoms with Gasteiger partial charge in [-0.3, -0.25) is 14.1 Å². The Morgan fingerprint density at radius 3 is 2.87 bits per heavy atom. The van der Waals surface area contributed by atoms with Gasteiger partial charge in [0.1, 0.15) is 11.8 Å². The minimum atomic E-state index is -1.94. The number of nitrogens with one attached hydrogen (secondary N) is 2. The van der Waals surface area contributed by atoms with Gasteiger partial charge >= 0.3 is 5.69 Å². The van der Waals surface area contributed by atoms with Gasteiger partial charge in [-0.2, -0.15) is 0 Å². The molecule has 1 unspecified atom stereocenters. The van der Waals surface area contributed by atoms with Crippen molar-refractivity contribution in [1.29, 1.82) is 0 Å². The van der Waals surface area contributed by atoms with E-state index in [1.807, 2.05) is 0 Å². The summed E-state index contributed by atoms with van der Waals surface area (Å²) in [6.45, 7) is 2.23. The molecule has 1 fully saturated rings. The summed E-state index contributed by atoms with van der Waals surface area (Å²) in [6.07, 6.45) is 4.33. The average Bonchev–Trinajstić information content (AvgIpc) is 2.83. The lowest BCUT2D eigenvalue weighted by molar-refractivity contribution is 0.380. The van der Waals surface area contributed by atoms with E-state index in [9.17, 15) is 9.00 Å². The summed E-state index contributed by atoms with van der Waals surface area (Å²) in [4.78, 5) is 25.1. The predicted molar refractivity (Wildman–Crippen MR) is 87.5 cm³/mol. The molecule has 3 N–H and O–H groups in total. The molecule has 1 aliphatic heterocycles. The normalized spacial score (nSPS) is 17.7. The summed E-state index contributed by atoms with van der Waals surface area (Å²) in [7, 11) is 1.71. The van der Waals surface area contributed by atoms with Crippen LogP contribution in [0.25, 0.3) is 11.2 Å². The van der Waals surface area contributed by atoms with Crippen molar-refractivity contribution in [2.24, 2.45) is 13.0 Å². The van der Waals surface area contributed by atoms with Crippen LogP contribution in [-0.4, -0.2) is 47.9 Å². The minimum Gasteiger partial charge on any atom is -0.355 e. The first-order valence-electron chi connectivity index (χ1n) is 7.55. The molecule has 10 heteroatoms. The Hall–Kier alpha value is -1.78. The number of anilines is 1. The highest BCUT2D eigenvalue weighted by Crippen LogP contribution is 2.27. The molecule has 1 aliphatic rings. The third-order valence-electron chi connectivity index (χ3n) is 4.36.